The number of likely N-dealkylation sites (N-methyl/N-ethyl adjacent to an activating group) is 1. The summed E-state index contributed by atoms with van der Waals surface area (Å²) in [6.45, 7) is 4.30. The average Bonchev–Trinajstić information content (AvgIpc) is 2.93. The number of benzene rings is 1. The van der Waals surface area contributed by atoms with Gasteiger partial charge in [0.2, 0.25) is 0 Å². The molecule has 0 saturated heterocycles. The Hall–Kier alpha value is -1.55. The summed E-state index contributed by atoms with van der Waals surface area (Å²) in [5.74, 6) is 0.569. The van der Waals surface area contributed by atoms with Crippen LogP contribution >= 0.6 is 0 Å². The quantitative estimate of drug-likeness (QED) is 0.896. The molecular weight excluding hydrogens is 254 g/mol. The topological polar surface area (TPSA) is 49.8 Å². The number of carbonyl (C=O) groups is 1. The minimum atomic E-state index is -0.189. The molecule has 0 aromatic heterocycles. The Bertz CT molecular complexity index is 499. The van der Waals surface area contributed by atoms with Crippen molar-refractivity contribution in [1.29, 1.82) is 0 Å². The van der Waals surface area contributed by atoms with E-state index in [0.29, 0.717) is 17.9 Å². The van der Waals surface area contributed by atoms with Crippen LogP contribution in [0.25, 0.3) is 0 Å². The van der Waals surface area contributed by atoms with Crippen LogP contribution in [0.15, 0.2) is 12.1 Å². The number of aliphatic hydroxyl groups excluding tert-OH is 1. The molecule has 0 saturated carbocycles. The number of methoxy groups -OCH3 is 1. The first-order valence-corrected chi connectivity index (χ1v) is 7.24. The van der Waals surface area contributed by atoms with Gasteiger partial charge in [-0.15, -0.1) is 0 Å². The van der Waals surface area contributed by atoms with E-state index in [9.17, 15) is 9.90 Å². The number of ether oxygens (including phenoxy) is 1. The normalized spacial score (nSPS) is 14.8. The van der Waals surface area contributed by atoms with E-state index in [1.54, 1.807) is 12.0 Å². The molecule has 1 atom stereocenters. The zero-order chi connectivity index (χ0) is 14.7. The molecule has 0 radical (unpaired) electrons. The summed E-state index contributed by atoms with van der Waals surface area (Å²) < 4.78 is 5.39. The van der Waals surface area contributed by atoms with Gasteiger partial charge in [0.05, 0.1) is 25.3 Å². The highest BCUT2D eigenvalue weighted by atomic mass is 16.5. The van der Waals surface area contributed by atoms with E-state index in [4.69, 9.17) is 4.74 Å². The number of fused-ring (bicyclic) bond motifs is 1. The molecule has 110 valence electrons. The second kappa shape index (κ2) is 6.27. The molecule has 1 amide bonds. The van der Waals surface area contributed by atoms with Gasteiger partial charge < -0.3 is 14.7 Å². The minimum Gasteiger partial charge on any atom is -0.496 e. The lowest BCUT2D eigenvalue weighted by Gasteiger charge is -2.27. The highest BCUT2D eigenvalue weighted by molar-refractivity contribution is 5.97. The van der Waals surface area contributed by atoms with E-state index >= 15 is 0 Å². The van der Waals surface area contributed by atoms with Crippen LogP contribution in [0.3, 0.4) is 0 Å². The predicted octanol–water partition coefficient (Wildman–Crippen LogP) is 2.03. The summed E-state index contributed by atoms with van der Waals surface area (Å²) in [7, 11) is 1.60. The van der Waals surface area contributed by atoms with E-state index in [2.05, 4.69) is 0 Å². The monoisotopic (exact) mass is 277 g/mol. The van der Waals surface area contributed by atoms with Crippen molar-refractivity contribution in [1.82, 2.24) is 4.90 Å². The molecule has 4 heteroatoms. The van der Waals surface area contributed by atoms with Crippen molar-refractivity contribution >= 4 is 5.91 Å². The van der Waals surface area contributed by atoms with Gasteiger partial charge in [-0.25, -0.2) is 0 Å². The molecule has 4 nitrogen and oxygen atoms in total. The third kappa shape index (κ3) is 2.66. The van der Waals surface area contributed by atoms with Crippen molar-refractivity contribution in [2.45, 2.75) is 39.2 Å². The van der Waals surface area contributed by atoms with Crippen molar-refractivity contribution in [3.63, 3.8) is 0 Å². The van der Waals surface area contributed by atoms with Gasteiger partial charge in [0.25, 0.3) is 5.91 Å². The molecule has 1 aromatic rings. The second-order valence-corrected chi connectivity index (χ2v) is 5.30. The van der Waals surface area contributed by atoms with E-state index in [0.717, 1.165) is 19.3 Å². The highest BCUT2D eigenvalue weighted by Gasteiger charge is 2.25. The van der Waals surface area contributed by atoms with Gasteiger partial charge in [-0.1, -0.05) is 0 Å². The molecule has 20 heavy (non-hydrogen) atoms. The zero-order valence-electron chi connectivity index (χ0n) is 12.5. The molecule has 0 aliphatic heterocycles. The van der Waals surface area contributed by atoms with Crippen LogP contribution in [0, 0.1) is 0 Å². The lowest BCUT2D eigenvalue weighted by molar-refractivity contribution is 0.0629. The van der Waals surface area contributed by atoms with Crippen LogP contribution in [0.2, 0.25) is 0 Å². The third-order valence-electron chi connectivity index (χ3n) is 4.04. The van der Waals surface area contributed by atoms with Crippen molar-refractivity contribution in [3.8, 4) is 5.75 Å². The Balaban J connectivity index is 2.38. The van der Waals surface area contributed by atoms with Gasteiger partial charge >= 0.3 is 0 Å². The van der Waals surface area contributed by atoms with E-state index in [1.165, 1.54) is 11.1 Å². The molecule has 0 bridgehead atoms. The van der Waals surface area contributed by atoms with Gasteiger partial charge in [0.15, 0.2) is 0 Å². The Morgan fingerprint density at radius 2 is 2.05 bits per heavy atom. The van der Waals surface area contributed by atoms with Gasteiger partial charge in [-0.05, 0) is 56.4 Å². The van der Waals surface area contributed by atoms with Gasteiger partial charge in [-0.3, -0.25) is 4.79 Å². The summed E-state index contributed by atoms with van der Waals surface area (Å²) in [5.41, 5.74) is 3.15. The van der Waals surface area contributed by atoms with Crippen molar-refractivity contribution in [2.24, 2.45) is 0 Å². The summed E-state index contributed by atoms with van der Waals surface area (Å²) >= 11 is 0. The molecule has 0 fully saturated rings. The number of hydrogen-bond donors (Lipinski definition) is 1. The standard InChI is InChI=1S/C16H23NO3/c1-4-17(11(2)10-18)16(19)14-8-12-6-5-7-13(12)9-15(14)20-3/h8-9,11,18H,4-7,10H2,1-3H3/t11-/m0/s1. The average molecular weight is 277 g/mol. The number of amides is 1. The maximum absolute atomic E-state index is 12.7. The Labute approximate surface area is 120 Å². The zero-order valence-corrected chi connectivity index (χ0v) is 12.5. The molecule has 2 rings (SSSR count). The van der Waals surface area contributed by atoms with Gasteiger partial charge in [0.1, 0.15) is 5.75 Å². The van der Waals surface area contributed by atoms with Crippen LogP contribution in [0.1, 0.15) is 41.8 Å². The largest absolute Gasteiger partial charge is 0.496 e. The summed E-state index contributed by atoms with van der Waals surface area (Å²) in [6, 6.07) is 3.77. The SMILES string of the molecule is CCN(C(=O)c1cc2c(cc1OC)CCC2)[C@@H](C)CO. The summed E-state index contributed by atoms with van der Waals surface area (Å²) in [4.78, 5) is 14.4. The van der Waals surface area contributed by atoms with E-state index in [-0.39, 0.29) is 18.6 Å². The Morgan fingerprint density at radius 3 is 2.60 bits per heavy atom. The first kappa shape index (κ1) is 14.9. The molecule has 0 unspecified atom stereocenters. The van der Waals surface area contributed by atoms with Gasteiger partial charge in [-0.2, -0.15) is 0 Å². The minimum absolute atomic E-state index is 0.0349. The molecular formula is C16H23NO3. The first-order valence-electron chi connectivity index (χ1n) is 7.24. The van der Waals surface area contributed by atoms with Gasteiger partial charge in [0, 0.05) is 6.54 Å². The maximum atomic E-state index is 12.7. The second-order valence-electron chi connectivity index (χ2n) is 5.30. The molecule has 1 aliphatic carbocycles. The summed E-state index contributed by atoms with van der Waals surface area (Å²) in [6.07, 6.45) is 3.23. The number of aryl methyl sites for hydroxylation is 2. The third-order valence-corrected chi connectivity index (χ3v) is 4.04. The van der Waals surface area contributed by atoms with E-state index < -0.39 is 0 Å². The van der Waals surface area contributed by atoms with Crippen LogP contribution in [0.4, 0.5) is 0 Å². The Kier molecular flexibility index (Phi) is 4.65. The molecule has 0 heterocycles. The van der Waals surface area contributed by atoms with Crippen LogP contribution in [0.5, 0.6) is 5.75 Å². The smallest absolute Gasteiger partial charge is 0.257 e. The molecule has 1 N–H and O–H groups in total. The number of rotatable bonds is 5. The van der Waals surface area contributed by atoms with Crippen LogP contribution in [-0.4, -0.2) is 42.2 Å². The Morgan fingerprint density at radius 1 is 1.40 bits per heavy atom. The lowest BCUT2D eigenvalue weighted by atomic mass is 10.0. The maximum Gasteiger partial charge on any atom is 0.257 e. The molecule has 0 spiro atoms. The molecule has 1 aliphatic rings. The van der Waals surface area contributed by atoms with Crippen molar-refractivity contribution in [3.05, 3.63) is 28.8 Å². The van der Waals surface area contributed by atoms with Crippen LogP contribution < -0.4 is 4.74 Å². The highest BCUT2D eigenvalue weighted by Crippen LogP contribution is 2.30. The summed E-state index contributed by atoms with van der Waals surface area (Å²) in [5, 5.41) is 9.29. The number of carbonyl (C=O) groups excluding carboxylic acids is 1. The lowest BCUT2D eigenvalue weighted by Crippen LogP contribution is -2.40. The predicted molar refractivity (Wildman–Crippen MR) is 78.3 cm³/mol. The fourth-order valence-electron chi connectivity index (χ4n) is 2.85. The fraction of sp³-hybridized carbons (Fsp3) is 0.562. The van der Waals surface area contributed by atoms with Crippen molar-refractivity contribution in [2.75, 3.05) is 20.3 Å². The number of hydrogen-bond acceptors (Lipinski definition) is 3. The fourth-order valence-corrected chi connectivity index (χ4v) is 2.85. The van der Waals surface area contributed by atoms with E-state index in [1.807, 2.05) is 26.0 Å². The van der Waals surface area contributed by atoms with Crippen molar-refractivity contribution < 1.29 is 14.6 Å². The molecule has 1 aromatic carbocycles. The van der Waals surface area contributed by atoms with Crippen LogP contribution in [-0.2, 0) is 12.8 Å². The number of aliphatic hydroxyl groups is 1. The first-order chi connectivity index (χ1) is 9.62. The number of nitrogens with zero attached hydrogens (tertiary/aromatic N) is 1.